The van der Waals surface area contributed by atoms with E-state index < -0.39 is 0 Å². The zero-order valence-corrected chi connectivity index (χ0v) is 18.0. The van der Waals surface area contributed by atoms with Gasteiger partial charge in [-0.2, -0.15) is 0 Å². The van der Waals surface area contributed by atoms with Crippen LogP contribution in [0.4, 0.5) is 0 Å². The maximum absolute atomic E-state index is 12.7. The van der Waals surface area contributed by atoms with Crippen LogP contribution in [-0.2, 0) is 9.53 Å². The van der Waals surface area contributed by atoms with Crippen LogP contribution < -0.4 is 0 Å². The van der Waals surface area contributed by atoms with E-state index in [1.807, 2.05) is 13.1 Å². The number of carbonyl (C=O) groups is 2. The first-order chi connectivity index (χ1) is 14.6. The minimum Gasteiger partial charge on any atom is -0.381 e. The summed E-state index contributed by atoms with van der Waals surface area (Å²) in [6, 6.07) is 4.43. The molecule has 0 N–H and O–H groups in total. The third-order valence-corrected chi connectivity index (χ3v) is 6.71. The fourth-order valence-corrected chi connectivity index (χ4v) is 4.77. The Kier molecular flexibility index (Phi) is 7.00. The SMILES string of the molecule is CN(CCN(C1CCOCC1)C1CCCN(C(=O)C2CC2)C1)C(=O)c1cccnc1. The number of nitrogens with zero attached hydrogens (tertiary/aromatic N) is 4. The van der Waals surface area contributed by atoms with Crippen LogP contribution in [0.15, 0.2) is 24.5 Å². The van der Waals surface area contributed by atoms with Crippen molar-refractivity contribution in [2.24, 2.45) is 5.92 Å². The van der Waals surface area contributed by atoms with Gasteiger partial charge in [-0.25, -0.2) is 0 Å². The van der Waals surface area contributed by atoms with E-state index >= 15 is 0 Å². The number of pyridine rings is 1. The summed E-state index contributed by atoms with van der Waals surface area (Å²) in [6.07, 6.45) is 9.65. The highest BCUT2D eigenvalue weighted by Gasteiger charge is 2.38. The monoisotopic (exact) mass is 414 g/mol. The number of amides is 2. The first-order valence-electron chi connectivity index (χ1n) is 11.4. The average Bonchev–Trinajstić information content (AvgIpc) is 3.65. The Morgan fingerprint density at radius 2 is 1.93 bits per heavy atom. The Morgan fingerprint density at radius 1 is 1.13 bits per heavy atom. The highest BCUT2D eigenvalue weighted by Crippen LogP contribution is 2.33. The summed E-state index contributed by atoms with van der Waals surface area (Å²) in [4.78, 5) is 35.9. The lowest BCUT2D eigenvalue weighted by Gasteiger charge is -2.44. The molecule has 2 saturated heterocycles. The summed E-state index contributed by atoms with van der Waals surface area (Å²) >= 11 is 0. The molecule has 0 bridgehead atoms. The first-order valence-corrected chi connectivity index (χ1v) is 11.4. The Labute approximate surface area is 179 Å². The summed E-state index contributed by atoms with van der Waals surface area (Å²) in [7, 11) is 1.86. The quantitative estimate of drug-likeness (QED) is 0.683. The predicted molar refractivity (Wildman–Crippen MR) is 114 cm³/mol. The molecule has 3 aliphatic rings. The molecule has 7 heteroatoms. The van der Waals surface area contributed by atoms with Gasteiger partial charge >= 0.3 is 0 Å². The maximum atomic E-state index is 12.7. The summed E-state index contributed by atoms with van der Waals surface area (Å²) < 4.78 is 5.60. The van der Waals surface area contributed by atoms with Gasteiger partial charge in [0.2, 0.25) is 5.91 Å². The van der Waals surface area contributed by atoms with Crippen molar-refractivity contribution < 1.29 is 14.3 Å². The second-order valence-electron chi connectivity index (χ2n) is 8.90. The molecule has 4 rings (SSSR count). The molecule has 1 saturated carbocycles. The Balaban J connectivity index is 1.40. The molecular formula is C23H34N4O3. The molecule has 1 aromatic heterocycles. The van der Waals surface area contributed by atoms with Crippen molar-refractivity contribution >= 4 is 11.8 Å². The van der Waals surface area contributed by atoms with Crippen LogP contribution in [0.25, 0.3) is 0 Å². The number of likely N-dealkylation sites (tertiary alicyclic amines) is 1. The van der Waals surface area contributed by atoms with Gasteiger partial charge in [0.05, 0.1) is 5.56 Å². The number of likely N-dealkylation sites (N-methyl/N-ethyl adjacent to an activating group) is 1. The lowest BCUT2D eigenvalue weighted by atomic mass is 9.98. The predicted octanol–water partition coefficient (Wildman–Crippen LogP) is 2.04. The highest BCUT2D eigenvalue weighted by molar-refractivity contribution is 5.93. The van der Waals surface area contributed by atoms with Gasteiger partial charge in [-0.1, -0.05) is 0 Å². The van der Waals surface area contributed by atoms with Gasteiger partial charge in [0, 0.05) is 76.8 Å². The third-order valence-electron chi connectivity index (χ3n) is 6.71. The average molecular weight is 415 g/mol. The van der Waals surface area contributed by atoms with Crippen LogP contribution in [0, 0.1) is 5.92 Å². The largest absolute Gasteiger partial charge is 0.381 e. The van der Waals surface area contributed by atoms with Crippen LogP contribution in [0.5, 0.6) is 0 Å². The van der Waals surface area contributed by atoms with Crippen LogP contribution in [0.3, 0.4) is 0 Å². The minimum absolute atomic E-state index is 0.00390. The molecule has 0 aromatic carbocycles. The molecule has 164 valence electrons. The molecule has 7 nitrogen and oxygen atoms in total. The summed E-state index contributed by atoms with van der Waals surface area (Å²) in [5.41, 5.74) is 0.622. The standard InChI is InChI=1S/C23H34N4O3/c1-25(22(28)19-4-2-10-24-16-19)12-13-27(20-8-14-30-15-9-20)21-5-3-11-26(17-21)23(29)18-6-7-18/h2,4,10,16,18,20-21H,3,5-9,11-15,17H2,1H3. The van der Waals surface area contributed by atoms with Gasteiger partial charge in [0.25, 0.3) is 5.91 Å². The van der Waals surface area contributed by atoms with Crippen molar-refractivity contribution in [3.63, 3.8) is 0 Å². The molecule has 3 fully saturated rings. The van der Waals surface area contributed by atoms with Crippen LogP contribution >= 0.6 is 0 Å². The van der Waals surface area contributed by atoms with Crippen molar-refractivity contribution in [1.82, 2.24) is 19.7 Å². The topological polar surface area (TPSA) is 66.0 Å². The molecular weight excluding hydrogens is 380 g/mol. The molecule has 1 atom stereocenters. The zero-order chi connectivity index (χ0) is 20.9. The fraction of sp³-hybridized carbons (Fsp3) is 0.696. The highest BCUT2D eigenvalue weighted by atomic mass is 16.5. The van der Waals surface area contributed by atoms with Gasteiger partial charge in [-0.3, -0.25) is 19.5 Å². The molecule has 2 amide bonds. The number of rotatable bonds is 7. The van der Waals surface area contributed by atoms with Crippen LogP contribution in [0.1, 0.15) is 48.9 Å². The van der Waals surface area contributed by atoms with Crippen molar-refractivity contribution in [1.29, 1.82) is 0 Å². The Morgan fingerprint density at radius 3 is 2.63 bits per heavy atom. The molecule has 1 aromatic rings. The first kappa shape index (κ1) is 21.2. The number of piperidine rings is 1. The summed E-state index contributed by atoms with van der Waals surface area (Å²) in [5, 5.41) is 0. The molecule has 3 heterocycles. The lowest BCUT2D eigenvalue weighted by Crippen LogP contribution is -2.55. The van der Waals surface area contributed by atoms with E-state index in [0.717, 1.165) is 71.4 Å². The summed E-state index contributed by atoms with van der Waals surface area (Å²) in [6.45, 7) is 4.80. The van der Waals surface area contributed by atoms with Crippen LogP contribution in [-0.4, -0.2) is 90.0 Å². The number of carbonyl (C=O) groups excluding carboxylic acids is 2. The van der Waals surface area contributed by atoms with Gasteiger partial charge < -0.3 is 14.5 Å². The molecule has 0 radical (unpaired) electrons. The van der Waals surface area contributed by atoms with E-state index in [-0.39, 0.29) is 11.8 Å². The van der Waals surface area contributed by atoms with E-state index in [4.69, 9.17) is 4.74 Å². The maximum Gasteiger partial charge on any atom is 0.255 e. The third kappa shape index (κ3) is 5.19. The molecule has 2 aliphatic heterocycles. The van der Waals surface area contributed by atoms with E-state index in [0.29, 0.717) is 30.1 Å². The molecule has 0 spiro atoms. The van der Waals surface area contributed by atoms with Gasteiger partial charge in [0.15, 0.2) is 0 Å². The Bertz CT molecular complexity index is 718. The zero-order valence-electron chi connectivity index (χ0n) is 18.0. The molecule has 1 unspecified atom stereocenters. The van der Waals surface area contributed by atoms with E-state index in [1.165, 1.54) is 0 Å². The van der Waals surface area contributed by atoms with Crippen molar-refractivity contribution in [2.75, 3.05) is 46.4 Å². The fourth-order valence-electron chi connectivity index (χ4n) is 4.77. The molecule has 1 aliphatic carbocycles. The minimum atomic E-state index is 0.00390. The van der Waals surface area contributed by atoms with Crippen molar-refractivity contribution in [3.8, 4) is 0 Å². The number of hydrogen-bond acceptors (Lipinski definition) is 5. The smallest absolute Gasteiger partial charge is 0.255 e. The van der Waals surface area contributed by atoms with Gasteiger partial charge in [0.1, 0.15) is 0 Å². The van der Waals surface area contributed by atoms with Crippen molar-refractivity contribution in [2.45, 2.75) is 50.6 Å². The van der Waals surface area contributed by atoms with E-state index in [1.54, 1.807) is 23.4 Å². The molecule has 30 heavy (non-hydrogen) atoms. The number of aromatic nitrogens is 1. The normalized spacial score (nSPS) is 22.9. The second-order valence-corrected chi connectivity index (χ2v) is 8.90. The van der Waals surface area contributed by atoms with Gasteiger partial charge in [-0.05, 0) is 50.7 Å². The van der Waals surface area contributed by atoms with Crippen molar-refractivity contribution in [3.05, 3.63) is 30.1 Å². The second kappa shape index (κ2) is 9.88. The van der Waals surface area contributed by atoms with Crippen LogP contribution in [0.2, 0.25) is 0 Å². The number of ether oxygens (including phenoxy) is 1. The van der Waals surface area contributed by atoms with Gasteiger partial charge in [-0.15, -0.1) is 0 Å². The summed E-state index contributed by atoms with van der Waals surface area (Å²) in [5.74, 6) is 0.642. The van der Waals surface area contributed by atoms with E-state index in [9.17, 15) is 9.59 Å². The Hall–Kier alpha value is -1.99. The lowest BCUT2D eigenvalue weighted by molar-refractivity contribution is -0.135. The van der Waals surface area contributed by atoms with E-state index in [2.05, 4.69) is 14.8 Å². The number of hydrogen-bond donors (Lipinski definition) is 0.